The SMILES string of the molecule is NC(=O)C1=C(O)[C@@]2(O)C(=O)C3=C(O)c4c(O)cccc4C[C@H]3C[C@H]2[C@@H](N2CCOCC2)C1=O. The molecule has 1 heterocycles. The third-order valence-corrected chi connectivity index (χ3v) is 7.34. The largest absolute Gasteiger partial charge is 0.508 e. The van der Waals surface area contributed by atoms with E-state index < -0.39 is 58.0 Å². The van der Waals surface area contributed by atoms with E-state index in [0.717, 1.165) is 0 Å². The van der Waals surface area contributed by atoms with Crippen LogP contribution in [0, 0.1) is 11.8 Å². The molecule has 2 fully saturated rings. The molecule has 5 rings (SSSR count). The van der Waals surface area contributed by atoms with E-state index in [1.165, 1.54) is 6.07 Å². The molecule has 4 aliphatic rings. The fourth-order valence-corrected chi connectivity index (χ4v) is 5.86. The number of rotatable bonds is 2. The van der Waals surface area contributed by atoms with Crippen LogP contribution < -0.4 is 5.73 Å². The summed E-state index contributed by atoms with van der Waals surface area (Å²) in [5, 5.41) is 43.7. The molecule has 1 saturated heterocycles. The fourth-order valence-electron chi connectivity index (χ4n) is 5.86. The lowest BCUT2D eigenvalue weighted by Crippen LogP contribution is -2.67. The summed E-state index contributed by atoms with van der Waals surface area (Å²) in [6, 6.07) is 3.65. The molecule has 1 aliphatic heterocycles. The van der Waals surface area contributed by atoms with Crippen LogP contribution in [-0.4, -0.2) is 80.7 Å². The summed E-state index contributed by atoms with van der Waals surface area (Å²) in [6.07, 6.45) is 0.374. The van der Waals surface area contributed by atoms with Crippen molar-refractivity contribution < 1.29 is 39.5 Å². The molecule has 10 nitrogen and oxygen atoms in total. The zero-order chi connectivity index (χ0) is 23.7. The van der Waals surface area contributed by atoms with Crippen LogP contribution in [0.1, 0.15) is 17.5 Å². The van der Waals surface area contributed by atoms with Crippen molar-refractivity contribution in [1.82, 2.24) is 4.90 Å². The van der Waals surface area contributed by atoms with Crippen LogP contribution in [0.4, 0.5) is 0 Å². The van der Waals surface area contributed by atoms with E-state index in [1.54, 1.807) is 17.0 Å². The van der Waals surface area contributed by atoms with E-state index in [4.69, 9.17) is 10.5 Å². The maximum atomic E-state index is 13.7. The number of nitrogens with two attached hydrogens (primary N) is 1. The van der Waals surface area contributed by atoms with Gasteiger partial charge in [-0.1, -0.05) is 12.1 Å². The zero-order valence-corrected chi connectivity index (χ0v) is 17.7. The number of ether oxygens (including phenoxy) is 1. The standard InChI is InChI=1S/C23H24N2O8/c24-22(31)16-19(28)17(25-4-6-33-7-5-25)12-9-11-8-10-2-1-3-13(26)14(10)18(27)15(11)20(29)23(12,32)21(16)30/h1-3,11-12,17,26-27,30,32H,4-9H2,(H2,24,31)/t11-,12-,17+,23-/m0/s1. The lowest BCUT2D eigenvalue weighted by Gasteiger charge is -2.51. The van der Waals surface area contributed by atoms with E-state index in [2.05, 4.69) is 0 Å². The van der Waals surface area contributed by atoms with Gasteiger partial charge in [0.25, 0.3) is 5.91 Å². The van der Waals surface area contributed by atoms with Crippen LogP contribution in [0.25, 0.3) is 5.76 Å². The second-order valence-electron chi connectivity index (χ2n) is 8.96. The molecule has 0 bridgehead atoms. The number of phenols is 1. The van der Waals surface area contributed by atoms with Crippen molar-refractivity contribution in [1.29, 1.82) is 0 Å². The number of ketones is 2. The first-order valence-electron chi connectivity index (χ1n) is 10.8. The molecule has 0 radical (unpaired) electrons. The van der Waals surface area contributed by atoms with E-state index in [1.807, 2.05) is 0 Å². The maximum absolute atomic E-state index is 13.7. The minimum Gasteiger partial charge on any atom is -0.508 e. The Balaban J connectivity index is 1.71. The van der Waals surface area contributed by atoms with Crippen LogP contribution >= 0.6 is 0 Å². The highest BCUT2D eigenvalue weighted by Crippen LogP contribution is 2.52. The average Bonchev–Trinajstić information content (AvgIpc) is 2.77. The van der Waals surface area contributed by atoms with Crippen molar-refractivity contribution in [2.24, 2.45) is 17.6 Å². The molecule has 0 aromatic heterocycles. The molecule has 1 aromatic carbocycles. The van der Waals surface area contributed by atoms with Crippen molar-refractivity contribution >= 4 is 23.2 Å². The second-order valence-corrected chi connectivity index (χ2v) is 8.96. The van der Waals surface area contributed by atoms with Gasteiger partial charge < -0.3 is 30.9 Å². The summed E-state index contributed by atoms with van der Waals surface area (Å²) < 4.78 is 5.35. The number of phenolic OH excluding ortho intramolecular Hbond substituents is 1. The Morgan fingerprint density at radius 2 is 1.85 bits per heavy atom. The monoisotopic (exact) mass is 456 g/mol. The predicted molar refractivity (Wildman–Crippen MR) is 113 cm³/mol. The number of aliphatic hydroxyl groups excluding tert-OH is 2. The number of aromatic hydroxyl groups is 1. The minimum absolute atomic E-state index is 0.0839. The number of carbonyl (C=O) groups is 3. The lowest BCUT2D eigenvalue weighted by molar-refractivity contribution is -0.157. The van der Waals surface area contributed by atoms with Crippen LogP contribution in [0.5, 0.6) is 5.75 Å². The summed E-state index contributed by atoms with van der Waals surface area (Å²) >= 11 is 0. The molecule has 1 aromatic rings. The Hall–Kier alpha value is -3.21. The highest BCUT2D eigenvalue weighted by Gasteiger charge is 2.64. The normalized spacial score (nSPS) is 32.3. The van der Waals surface area contributed by atoms with Crippen molar-refractivity contribution in [2.75, 3.05) is 26.3 Å². The maximum Gasteiger partial charge on any atom is 0.255 e. The van der Waals surface area contributed by atoms with Gasteiger partial charge in [0.1, 0.15) is 22.8 Å². The molecule has 10 heteroatoms. The number of amides is 1. The molecule has 6 N–H and O–H groups in total. The number of Topliss-reactive ketones (excluding diaryl/α,β-unsaturated/α-hetero) is 2. The number of morpholine rings is 1. The van der Waals surface area contributed by atoms with E-state index in [9.17, 15) is 34.8 Å². The summed E-state index contributed by atoms with van der Waals surface area (Å²) in [5.74, 6) is -6.41. The number of hydrogen-bond acceptors (Lipinski definition) is 9. The summed E-state index contributed by atoms with van der Waals surface area (Å²) in [4.78, 5) is 40.9. The number of nitrogens with zero attached hydrogens (tertiary/aromatic N) is 1. The van der Waals surface area contributed by atoms with Crippen molar-refractivity contribution in [3.8, 4) is 5.75 Å². The van der Waals surface area contributed by atoms with Crippen molar-refractivity contribution in [2.45, 2.75) is 24.5 Å². The summed E-state index contributed by atoms with van der Waals surface area (Å²) in [7, 11) is 0. The van der Waals surface area contributed by atoms with Gasteiger partial charge in [0, 0.05) is 24.6 Å². The highest BCUT2D eigenvalue weighted by atomic mass is 16.5. The molecule has 1 amide bonds. The summed E-state index contributed by atoms with van der Waals surface area (Å²) in [5.41, 5.74) is 2.51. The van der Waals surface area contributed by atoms with Gasteiger partial charge in [0.05, 0.1) is 24.8 Å². The Morgan fingerprint density at radius 1 is 1.15 bits per heavy atom. The molecule has 0 unspecified atom stereocenters. The van der Waals surface area contributed by atoms with Crippen LogP contribution in [0.3, 0.4) is 0 Å². The smallest absolute Gasteiger partial charge is 0.255 e. The number of fused-ring (bicyclic) bond motifs is 3. The van der Waals surface area contributed by atoms with Gasteiger partial charge in [-0.3, -0.25) is 19.3 Å². The van der Waals surface area contributed by atoms with E-state index in [-0.39, 0.29) is 23.3 Å². The molecule has 0 spiro atoms. The average molecular weight is 456 g/mol. The predicted octanol–water partition coefficient (Wildman–Crippen LogP) is -0.265. The van der Waals surface area contributed by atoms with Gasteiger partial charge in [-0.15, -0.1) is 0 Å². The summed E-state index contributed by atoms with van der Waals surface area (Å²) in [6.45, 7) is 1.32. The first kappa shape index (κ1) is 21.6. The third-order valence-electron chi connectivity index (χ3n) is 7.34. The molecule has 33 heavy (non-hydrogen) atoms. The van der Waals surface area contributed by atoms with Crippen LogP contribution in [-0.2, 0) is 25.5 Å². The molecule has 1 saturated carbocycles. The van der Waals surface area contributed by atoms with Gasteiger partial charge in [-0.2, -0.15) is 0 Å². The van der Waals surface area contributed by atoms with Crippen molar-refractivity contribution in [3.63, 3.8) is 0 Å². The Bertz CT molecular complexity index is 1150. The first-order valence-corrected chi connectivity index (χ1v) is 10.8. The topological polar surface area (TPSA) is 171 Å². The Kier molecular flexibility index (Phi) is 4.85. The number of hydrogen-bond donors (Lipinski definition) is 5. The highest BCUT2D eigenvalue weighted by molar-refractivity contribution is 6.24. The third kappa shape index (κ3) is 2.87. The number of primary amides is 1. The van der Waals surface area contributed by atoms with E-state index >= 15 is 0 Å². The lowest BCUT2D eigenvalue weighted by atomic mass is 9.57. The molecule has 174 valence electrons. The van der Waals surface area contributed by atoms with E-state index in [0.29, 0.717) is 38.3 Å². The van der Waals surface area contributed by atoms with Crippen LogP contribution in [0.2, 0.25) is 0 Å². The first-order chi connectivity index (χ1) is 15.7. The molecule has 3 aliphatic carbocycles. The van der Waals surface area contributed by atoms with Crippen LogP contribution in [0.15, 0.2) is 35.1 Å². The quantitative estimate of drug-likeness (QED) is 0.376. The van der Waals surface area contributed by atoms with Crippen molar-refractivity contribution in [3.05, 3.63) is 46.2 Å². The molecular weight excluding hydrogens is 432 g/mol. The number of benzene rings is 1. The molecule has 4 atom stereocenters. The van der Waals surface area contributed by atoms with Gasteiger partial charge in [0.15, 0.2) is 11.4 Å². The number of carbonyl (C=O) groups excluding carboxylic acids is 3. The Labute approximate surface area is 188 Å². The van der Waals surface area contributed by atoms with Gasteiger partial charge >= 0.3 is 0 Å². The number of aliphatic hydroxyl groups is 3. The zero-order valence-electron chi connectivity index (χ0n) is 17.7. The van der Waals surface area contributed by atoms with Gasteiger partial charge in [0.2, 0.25) is 5.78 Å². The van der Waals surface area contributed by atoms with Gasteiger partial charge in [-0.05, 0) is 30.4 Å². The Morgan fingerprint density at radius 3 is 2.52 bits per heavy atom. The fraction of sp³-hybridized carbons (Fsp3) is 0.435. The molecular formula is C23H24N2O8. The van der Waals surface area contributed by atoms with Gasteiger partial charge in [-0.25, -0.2) is 0 Å². The second kappa shape index (κ2) is 7.41. The minimum atomic E-state index is -2.62.